The van der Waals surface area contributed by atoms with Gasteiger partial charge in [0.15, 0.2) is 0 Å². The maximum Gasteiger partial charge on any atom is 0.0102 e. The van der Waals surface area contributed by atoms with Crippen LogP contribution in [0.15, 0.2) is 11.9 Å². The third-order valence-electron chi connectivity index (χ3n) is 0.493. The van der Waals surface area contributed by atoms with Crippen molar-refractivity contribution in [1.82, 2.24) is 0 Å². The molecule has 0 aromatic heterocycles. The fourth-order valence-corrected chi connectivity index (χ4v) is 1.72. The van der Waals surface area contributed by atoms with Crippen molar-refractivity contribution in [2.75, 3.05) is 5.90 Å². The number of rotatable bonds is 3. The van der Waals surface area contributed by atoms with Crippen LogP contribution in [-0.4, -0.2) is 12.2 Å². The van der Waals surface area contributed by atoms with Gasteiger partial charge in [-0.15, -0.1) is 8.20 Å². The standard InChI is InChI=1S/C5H10P2/c1-5(2)7-4-6-3/h7H,1,3-4H2,2H3. The van der Waals surface area contributed by atoms with Crippen molar-refractivity contribution >= 4 is 23.1 Å². The Balaban J connectivity index is 2.97. The highest BCUT2D eigenvalue weighted by molar-refractivity contribution is 7.57. The zero-order valence-corrected chi connectivity index (χ0v) is 6.46. The van der Waals surface area contributed by atoms with Crippen LogP contribution in [0.2, 0.25) is 0 Å². The van der Waals surface area contributed by atoms with Crippen molar-refractivity contribution in [2.24, 2.45) is 0 Å². The molecule has 0 fully saturated rings. The molecule has 0 heterocycles. The Labute approximate surface area is 48.6 Å². The molecule has 40 valence electrons. The highest BCUT2D eigenvalue weighted by Crippen LogP contribution is 2.23. The van der Waals surface area contributed by atoms with Crippen LogP contribution in [0.3, 0.4) is 0 Å². The maximum atomic E-state index is 3.77. The summed E-state index contributed by atoms with van der Waals surface area (Å²) in [6.07, 6.45) is 3.70. The second-order valence-electron chi connectivity index (χ2n) is 1.34. The lowest BCUT2D eigenvalue weighted by Crippen LogP contribution is -1.55. The summed E-state index contributed by atoms with van der Waals surface area (Å²) < 4.78 is 0. The van der Waals surface area contributed by atoms with Gasteiger partial charge >= 0.3 is 0 Å². The average Bonchev–Trinajstić information content (AvgIpc) is 1.61. The van der Waals surface area contributed by atoms with Crippen molar-refractivity contribution in [2.45, 2.75) is 6.92 Å². The summed E-state index contributed by atoms with van der Waals surface area (Å²) in [5, 5.41) is 1.29. The van der Waals surface area contributed by atoms with Gasteiger partial charge in [0.25, 0.3) is 0 Å². The van der Waals surface area contributed by atoms with Crippen LogP contribution >= 0.6 is 16.8 Å². The first-order valence-corrected chi connectivity index (χ1v) is 4.56. The van der Waals surface area contributed by atoms with Gasteiger partial charge in [0, 0.05) is 5.90 Å². The SMILES string of the molecule is C=PCPC(=C)C. The van der Waals surface area contributed by atoms with Gasteiger partial charge in [0.1, 0.15) is 0 Å². The molecule has 0 saturated carbocycles. The van der Waals surface area contributed by atoms with Crippen molar-refractivity contribution in [3.05, 3.63) is 11.9 Å². The molecule has 0 aliphatic rings. The van der Waals surface area contributed by atoms with E-state index in [0.29, 0.717) is 0 Å². The third-order valence-corrected chi connectivity index (χ3v) is 2.62. The number of allylic oxidation sites excluding steroid dienone is 1. The zero-order chi connectivity index (χ0) is 5.70. The lowest BCUT2D eigenvalue weighted by Gasteiger charge is -1.89. The van der Waals surface area contributed by atoms with E-state index in [1.807, 2.05) is 0 Å². The first-order chi connectivity index (χ1) is 3.27. The molecule has 0 aliphatic heterocycles. The van der Waals surface area contributed by atoms with Crippen molar-refractivity contribution in [3.63, 3.8) is 0 Å². The van der Waals surface area contributed by atoms with Crippen LogP contribution in [-0.2, 0) is 0 Å². The van der Waals surface area contributed by atoms with Crippen LogP contribution in [0, 0.1) is 0 Å². The molecule has 0 aromatic carbocycles. The normalized spacial score (nSPS) is 11.0. The van der Waals surface area contributed by atoms with E-state index in [4.69, 9.17) is 0 Å². The first kappa shape index (κ1) is 7.34. The number of hydrogen-bond donors (Lipinski definition) is 0. The predicted octanol–water partition coefficient (Wildman–Crippen LogP) is 2.53. The Hall–Kier alpha value is 0.340. The van der Waals surface area contributed by atoms with E-state index in [9.17, 15) is 0 Å². The van der Waals surface area contributed by atoms with Gasteiger partial charge in [-0.25, -0.2) is 0 Å². The Morgan fingerprint density at radius 3 is 2.57 bits per heavy atom. The molecule has 0 bridgehead atoms. The lowest BCUT2D eigenvalue weighted by molar-refractivity contribution is 1.72. The molecule has 0 aliphatic carbocycles. The molecule has 0 N–H and O–H groups in total. The molecular weight excluding hydrogens is 122 g/mol. The van der Waals surface area contributed by atoms with E-state index in [2.05, 4.69) is 19.8 Å². The average molecular weight is 132 g/mol. The minimum atomic E-state index is 0.919. The fraction of sp³-hybridized carbons (Fsp3) is 0.400. The monoisotopic (exact) mass is 132 g/mol. The number of hydrogen-bond acceptors (Lipinski definition) is 0. The van der Waals surface area contributed by atoms with Crippen LogP contribution < -0.4 is 0 Å². The third kappa shape index (κ3) is 6.34. The van der Waals surface area contributed by atoms with E-state index in [-0.39, 0.29) is 0 Å². The van der Waals surface area contributed by atoms with Crippen molar-refractivity contribution in [3.8, 4) is 0 Å². The highest BCUT2D eigenvalue weighted by atomic mass is 31.1. The summed E-state index contributed by atoms with van der Waals surface area (Å²) in [7, 11) is 2.16. The molecule has 0 saturated heterocycles. The van der Waals surface area contributed by atoms with Gasteiger partial charge in [0.2, 0.25) is 0 Å². The molecule has 0 nitrogen and oxygen atoms in total. The quantitative estimate of drug-likeness (QED) is 0.517. The van der Waals surface area contributed by atoms with E-state index in [0.717, 1.165) is 8.58 Å². The Morgan fingerprint density at radius 1 is 1.86 bits per heavy atom. The molecule has 0 spiro atoms. The summed E-state index contributed by atoms with van der Waals surface area (Å²) in [6, 6.07) is 0. The summed E-state index contributed by atoms with van der Waals surface area (Å²) in [5.74, 6) is 1.19. The topological polar surface area (TPSA) is 0 Å². The van der Waals surface area contributed by atoms with Gasteiger partial charge in [-0.1, -0.05) is 26.8 Å². The molecule has 0 aromatic rings. The van der Waals surface area contributed by atoms with E-state index in [1.165, 1.54) is 19.4 Å². The minimum absolute atomic E-state index is 0.919. The Morgan fingerprint density at radius 2 is 2.43 bits per heavy atom. The molecule has 1 atom stereocenters. The molecule has 2 heteroatoms. The second kappa shape index (κ2) is 4.50. The van der Waals surface area contributed by atoms with E-state index >= 15 is 0 Å². The summed E-state index contributed by atoms with van der Waals surface area (Å²) in [4.78, 5) is 0. The fourth-order valence-electron chi connectivity index (χ4n) is 0.191. The molecular formula is C5H10P2. The van der Waals surface area contributed by atoms with Crippen LogP contribution in [0.1, 0.15) is 6.92 Å². The van der Waals surface area contributed by atoms with Crippen LogP contribution in [0.25, 0.3) is 0 Å². The second-order valence-corrected chi connectivity index (χ2v) is 4.26. The van der Waals surface area contributed by atoms with Gasteiger partial charge in [0.05, 0.1) is 0 Å². The highest BCUT2D eigenvalue weighted by Gasteiger charge is 1.78. The van der Waals surface area contributed by atoms with Gasteiger partial charge < -0.3 is 0 Å². The van der Waals surface area contributed by atoms with Crippen molar-refractivity contribution < 1.29 is 0 Å². The van der Waals surface area contributed by atoms with E-state index in [1.54, 1.807) is 0 Å². The molecule has 0 rings (SSSR count). The molecule has 0 amide bonds. The lowest BCUT2D eigenvalue weighted by atomic mass is 10.8. The molecule has 0 radical (unpaired) electrons. The summed E-state index contributed by atoms with van der Waals surface area (Å²) in [5.41, 5.74) is 0. The minimum Gasteiger partial charge on any atom is -0.108 e. The maximum absolute atomic E-state index is 3.77. The van der Waals surface area contributed by atoms with Gasteiger partial charge in [-0.2, -0.15) is 0 Å². The molecule has 7 heavy (non-hydrogen) atoms. The van der Waals surface area contributed by atoms with Crippen LogP contribution in [0.4, 0.5) is 0 Å². The molecule has 1 unspecified atom stereocenters. The summed E-state index contributed by atoms with van der Waals surface area (Å²) >= 11 is 0. The predicted molar refractivity (Wildman–Crippen MR) is 42.0 cm³/mol. The summed E-state index contributed by atoms with van der Waals surface area (Å²) in [6.45, 7) is 5.83. The largest absolute Gasteiger partial charge is 0.108 e. The van der Waals surface area contributed by atoms with Crippen molar-refractivity contribution in [1.29, 1.82) is 0 Å². The smallest absolute Gasteiger partial charge is 0.0102 e. The Bertz CT molecular complexity index is 76.1. The van der Waals surface area contributed by atoms with Gasteiger partial charge in [-0.05, 0) is 6.92 Å². The first-order valence-electron chi connectivity index (χ1n) is 2.09. The Kier molecular flexibility index (Phi) is 4.72. The van der Waals surface area contributed by atoms with Crippen LogP contribution in [0.5, 0.6) is 0 Å². The van der Waals surface area contributed by atoms with E-state index < -0.39 is 0 Å². The van der Waals surface area contributed by atoms with Gasteiger partial charge in [-0.3, -0.25) is 0 Å². The zero-order valence-electron chi connectivity index (χ0n) is 4.57.